The highest BCUT2D eigenvalue weighted by Crippen LogP contribution is 2.26. The van der Waals surface area contributed by atoms with E-state index in [-0.39, 0.29) is 17.8 Å². The Morgan fingerprint density at radius 2 is 2.07 bits per heavy atom. The summed E-state index contributed by atoms with van der Waals surface area (Å²) in [6, 6.07) is 13.6. The summed E-state index contributed by atoms with van der Waals surface area (Å²) >= 11 is 1.30. The van der Waals surface area contributed by atoms with Crippen molar-refractivity contribution in [2.75, 3.05) is 13.2 Å². The lowest BCUT2D eigenvalue weighted by Gasteiger charge is -2.10. The number of amides is 1. The first kappa shape index (κ1) is 19.0. The van der Waals surface area contributed by atoms with Crippen molar-refractivity contribution in [3.8, 4) is 0 Å². The molecule has 6 nitrogen and oxygen atoms in total. The molecule has 4 aromatic rings. The minimum atomic E-state index is -0.150. The zero-order chi connectivity index (χ0) is 20.7. The van der Waals surface area contributed by atoms with Crippen LogP contribution < -0.4 is 5.32 Å². The van der Waals surface area contributed by atoms with Crippen LogP contribution in [0.25, 0.3) is 15.7 Å². The third-order valence-electron chi connectivity index (χ3n) is 5.55. The van der Waals surface area contributed by atoms with Crippen LogP contribution in [0, 0.1) is 6.92 Å². The Kier molecular flexibility index (Phi) is 4.84. The third kappa shape index (κ3) is 3.30. The van der Waals surface area contributed by atoms with Crippen molar-refractivity contribution in [3.05, 3.63) is 70.5 Å². The molecule has 1 saturated heterocycles. The molecule has 1 fully saturated rings. The average molecular weight is 420 g/mol. The summed E-state index contributed by atoms with van der Waals surface area (Å²) < 4.78 is 7.35. The van der Waals surface area contributed by atoms with Crippen LogP contribution >= 0.6 is 11.3 Å². The first-order chi connectivity index (χ1) is 14.6. The molecule has 2 aromatic carbocycles. The van der Waals surface area contributed by atoms with E-state index in [1.54, 1.807) is 10.6 Å². The molecule has 30 heavy (non-hydrogen) atoms. The van der Waals surface area contributed by atoms with Crippen molar-refractivity contribution in [1.29, 1.82) is 0 Å². The number of nitrogens with zero attached hydrogens (tertiary/aromatic N) is 2. The SMILES string of the molecule is Cc1c(C(=O)NC[C@@H]2CCCO2)sc2ncc(C(=O)c3ccc4ccccc4c3)n12. The van der Waals surface area contributed by atoms with E-state index in [0.29, 0.717) is 27.6 Å². The van der Waals surface area contributed by atoms with Crippen LogP contribution in [0.15, 0.2) is 48.7 Å². The number of aromatic nitrogens is 2. The normalized spacial score (nSPS) is 16.4. The Hall–Kier alpha value is -3.03. The summed E-state index contributed by atoms with van der Waals surface area (Å²) in [6.45, 7) is 3.11. The first-order valence-corrected chi connectivity index (χ1v) is 10.8. The van der Waals surface area contributed by atoms with Crippen molar-refractivity contribution < 1.29 is 14.3 Å². The predicted octanol–water partition coefficient (Wildman–Crippen LogP) is 4.00. The minimum absolute atomic E-state index is 0.0864. The molecule has 0 bridgehead atoms. The number of imidazole rings is 1. The van der Waals surface area contributed by atoms with Gasteiger partial charge in [-0.2, -0.15) is 0 Å². The Bertz CT molecular complexity index is 1270. The zero-order valence-corrected chi connectivity index (χ0v) is 17.4. The minimum Gasteiger partial charge on any atom is -0.376 e. The highest BCUT2D eigenvalue weighted by Gasteiger charge is 2.23. The maximum absolute atomic E-state index is 13.2. The predicted molar refractivity (Wildman–Crippen MR) is 116 cm³/mol. The molecule has 0 unspecified atom stereocenters. The second-order valence-corrected chi connectivity index (χ2v) is 8.49. The van der Waals surface area contributed by atoms with Gasteiger partial charge >= 0.3 is 0 Å². The van der Waals surface area contributed by atoms with Gasteiger partial charge in [-0.15, -0.1) is 0 Å². The van der Waals surface area contributed by atoms with Crippen molar-refractivity contribution >= 4 is 38.8 Å². The quantitative estimate of drug-likeness (QED) is 0.497. The van der Waals surface area contributed by atoms with Crippen LogP contribution in [0.5, 0.6) is 0 Å². The maximum Gasteiger partial charge on any atom is 0.263 e. The molecule has 7 heteroatoms. The number of aryl methyl sites for hydroxylation is 1. The van der Waals surface area contributed by atoms with Gasteiger partial charge < -0.3 is 10.1 Å². The third-order valence-corrected chi connectivity index (χ3v) is 6.71. The van der Waals surface area contributed by atoms with Gasteiger partial charge in [0.15, 0.2) is 4.96 Å². The number of benzene rings is 2. The molecule has 2 aromatic heterocycles. The number of thiazole rings is 1. The van der Waals surface area contributed by atoms with Crippen LogP contribution in [0.3, 0.4) is 0 Å². The molecule has 1 N–H and O–H groups in total. The van der Waals surface area contributed by atoms with Gasteiger partial charge in [0.1, 0.15) is 10.6 Å². The Labute approximate surface area is 177 Å². The fourth-order valence-electron chi connectivity index (χ4n) is 3.94. The molecule has 152 valence electrons. The molecule has 0 spiro atoms. The van der Waals surface area contributed by atoms with Gasteiger partial charge in [-0.1, -0.05) is 47.7 Å². The number of ketones is 1. The van der Waals surface area contributed by atoms with E-state index in [1.165, 1.54) is 11.3 Å². The molecular weight excluding hydrogens is 398 g/mol. The monoisotopic (exact) mass is 419 g/mol. The first-order valence-electron chi connectivity index (χ1n) is 10.0. The van der Waals surface area contributed by atoms with Gasteiger partial charge in [0.05, 0.1) is 12.3 Å². The number of fused-ring (bicyclic) bond motifs is 2. The maximum atomic E-state index is 13.2. The molecular formula is C23H21N3O3S. The molecule has 0 aliphatic carbocycles. The van der Waals surface area contributed by atoms with Crippen LogP contribution in [-0.4, -0.2) is 40.3 Å². The molecule has 1 atom stereocenters. The Morgan fingerprint density at radius 3 is 2.87 bits per heavy atom. The van der Waals surface area contributed by atoms with E-state index in [9.17, 15) is 9.59 Å². The van der Waals surface area contributed by atoms with Crippen molar-refractivity contribution in [3.63, 3.8) is 0 Å². The van der Waals surface area contributed by atoms with Crippen molar-refractivity contribution in [2.45, 2.75) is 25.9 Å². The van der Waals surface area contributed by atoms with Crippen LogP contribution in [0.1, 0.15) is 44.3 Å². The summed E-state index contributed by atoms with van der Waals surface area (Å²) in [5.74, 6) is -0.261. The molecule has 1 aliphatic rings. The molecule has 3 heterocycles. The van der Waals surface area contributed by atoms with E-state index < -0.39 is 0 Å². The molecule has 1 amide bonds. The van der Waals surface area contributed by atoms with Crippen LogP contribution in [0.4, 0.5) is 0 Å². The molecule has 5 rings (SSSR count). The summed E-state index contributed by atoms with van der Waals surface area (Å²) in [5, 5.41) is 5.06. The number of carbonyl (C=O) groups excluding carboxylic acids is 2. The van der Waals surface area contributed by atoms with Gasteiger partial charge in [0.2, 0.25) is 5.78 Å². The number of rotatable bonds is 5. The number of nitrogens with one attached hydrogen (secondary N) is 1. The average Bonchev–Trinajstić information content (AvgIpc) is 3.50. The molecule has 1 aliphatic heterocycles. The smallest absolute Gasteiger partial charge is 0.263 e. The van der Waals surface area contributed by atoms with E-state index >= 15 is 0 Å². The fourth-order valence-corrected chi connectivity index (χ4v) is 4.96. The topological polar surface area (TPSA) is 72.7 Å². The number of carbonyl (C=O) groups is 2. The van der Waals surface area contributed by atoms with Crippen molar-refractivity contribution in [1.82, 2.24) is 14.7 Å². The van der Waals surface area contributed by atoms with Crippen LogP contribution in [-0.2, 0) is 4.74 Å². The van der Waals surface area contributed by atoms with E-state index in [4.69, 9.17) is 4.74 Å². The summed E-state index contributed by atoms with van der Waals surface area (Å²) in [7, 11) is 0. The second-order valence-electron chi connectivity index (χ2n) is 7.51. The lowest BCUT2D eigenvalue weighted by atomic mass is 10.0. The standard InChI is InChI=1S/C23H21N3O3S/c1-14-21(22(28)24-12-18-7-4-10-29-18)30-23-25-13-19(26(14)23)20(27)17-9-8-15-5-2-3-6-16(15)11-17/h2-3,5-6,8-9,11,13,18H,4,7,10,12H2,1H3,(H,24,28)/t18-/m0/s1. The van der Waals surface area contributed by atoms with Gasteiger partial charge in [0, 0.05) is 24.4 Å². The largest absolute Gasteiger partial charge is 0.376 e. The highest BCUT2D eigenvalue weighted by atomic mass is 32.1. The van der Waals surface area contributed by atoms with E-state index in [0.717, 1.165) is 35.9 Å². The van der Waals surface area contributed by atoms with E-state index in [1.807, 2.05) is 49.4 Å². The highest BCUT2D eigenvalue weighted by molar-refractivity contribution is 7.19. The molecule has 0 saturated carbocycles. The Balaban J connectivity index is 1.44. The van der Waals surface area contributed by atoms with Gasteiger partial charge in [0.25, 0.3) is 5.91 Å². The lowest BCUT2D eigenvalue weighted by Crippen LogP contribution is -2.31. The number of hydrogen-bond donors (Lipinski definition) is 1. The summed E-state index contributed by atoms with van der Waals surface area (Å²) in [4.78, 5) is 31.5. The van der Waals surface area contributed by atoms with E-state index in [2.05, 4.69) is 10.3 Å². The summed E-state index contributed by atoms with van der Waals surface area (Å²) in [6.07, 6.45) is 3.68. The summed E-state index contributed by atoms with van der Waals surface area (Å²) in [5.41, 5.74) is 1.79. The van der Waals surface area contributed by atoms with Gasteiger partial charge in [-0.3, -0.25) is 14.0 Å². The van der Waals surface area contributed by atoms with Gasteiger partial charge in [-0.25, -0.2) is 4.98 Å². The zero-order valence-electron chi connectivity index (χ0n) is 16.6. The van der Waals surface area contributed by atoms with Crippen LogP contribution in [0.2, 0.25) is 0 Å². The Morgan fingerprint density at radius 1 is 1.23 bits per heavy atom. The molecule has 0 radical (unpaired) electrons. The lowest BCUT2D eigenvalue weighted by molar-refractivity contribution is 0.0860. The second kappa shape index (κ2) is 7.66. The van der Waals surface area contributed by atoms with Crippen molar-refractivity contribution in [2.24, 2.45) is 0 Å². The van der Waals surface area contributed by atoms with Gasteiger partial charge in [-0.05, 0) is 36.6 Å². The number of ether oxygens (including phenoxy) is 1. The fraction of sp³-hybridized carbons (Fsp3) is 0.261. The number of hydrogen-bond acceptors (Lipinski definition) is 5.